The van der Waals surface area contributed by atoms with E-state index < -0.39 is 31.1 Å². The average Bonchev–Trinajstić information content (AvgIpc) is 2.31. The molecule has 6 heteroatoms. The number of hydrogen-bond donors (Lipinski definition) is 0. The zero-order valence-corrected chi connectivity index (χ0v) is 10.9. The first kappa shape index (κ1) is 14.6. The van der Waals surface area contributed by atoms with Crippen LogP contribution in [0.25, 0.3) is 0 Å². The summed E-state index contributed by atoms with van der Waals surface area (Å²) in [6, 6.07) is 3.97. The molecule has 0 amide bonds. The molecule has 98 valence electrons. The van der Waals surface area contributed by atoms with Crippen LogP contribution in [-0.4, -0.2) is 13.2 Å². The second-order valence-corrected chi connectivity index (χ2v) is 6.12. The maximum Gasteiger partial charge on any atom is 0.200 e. The first-order valence-corrected chi connectivity index (χ1v) is 6.94. The molecule has 0 aliphatic rings. The SMILES string of the molecule is CCC(C#N)(CC)S(=O)(=O)c1ccc(F)cc1F. The Morgan fingerprint density at radius 1 is 1.28 bits per heavy atom. The molecule has 0 saturated heterocycles. The van der Waals surface area contributed by atoms with E-state index in [1.807, 2.05) is 0 Å². The van der Waals surface area contributed by atoms with E-state index in [2.05, 4.69) is 0 Å². The largest absolute Gasteiger partial charge is 0.222 e. The van der Waals surface area contributed by atoms with Crippen molar-refractivity contribution in [2.24, 2.45) is 0 Å². The van der Waals surface area contributed by atoms with E-state index in [1.54, 1.807) is 19.9 Å². The quantitative estimate of drug-likeness (QED) is 0.792. The highest BCUT2D eigenvalue weighted by atomic mass is 32.2. The van der Waals surface area contributed by atoms with E-state index in [0.29, 0.717) is 6.07 Å². The van der Waals surface area contributed by atoms with Crippen molar-refractivity contribution < 1.29 is 17.2 Å². The minimum atomic E-state index is -4.16. The normalized spacial score (nSPS) is 12.2. The van der Waals surface area contributed by atoms with Gasteiger partial charge in [0, 0.05) is 6.07 Å². The van der Waals surface area contributed by atoms with Crippen molar-refractivity contribution in [3.8, 4) is 6.07 Å². The number of halogens is 2. The van der Waals surface area contributed by atoms with Crippen molar-refractivity contribution >= 4 is 9.84 Å². The molecule has 0 N–H and O–H groups in total. The molecule has 0 aromatic heterocycles. The maximum absolute atomic E-state index is 13.6. The summed E-state index contributed by atoms with van der Waals surface area (Å²) in [7, 11) is -4.16. The monoisotopic (exact) mass is 273 g/mol. The fourth-order valence-corrected chi connectivity index (χ4v) is 3.62. The number of rotatable bonds is 4. The molecule has 0 spiro atoms. The van der Waals surface area contributed by atoms with Crippen LogP contribution in [0.3, 0.4) is 0 Å². The van der Waals surface area contributed by atoms with Gasteiger partial charge in [0.2, 0.25) is 0 Å². The smallest absolute Gasteiger partial charge is 0.200 e. The van der Waals surface area contributed by atoms with Gasteiger partial charge in [-0.3, -0.25) is 0 Å². The number of nitriles is 1. The van der Waals surface area contributed by atoms with Crippen LogP contribution in [0.1, 0.15) is 26.7 Å². The first-order chi connectivity index (χ1) is 8.34. The Morgan fingerprint density at radius 3 is 2.22 bits per heavy atom. The van der Waals surface area contributed by atoms with Gasteiger partial charge >= 0.3 is 0 Å². The van der Waals surface area contributed by atoms with Crippen LogP contribution in [0.15, 0.2) is 23.1 Å². The average molecular weight is 273 g/mol. The standard InChI is InChI=1S/C12H13F2NO2S/c1-3-12(4-2,8-15)18(16,17)11-6-5-9(13)7-10(11)14/h5-7H,3-4H2,1-2H3. The van der Waals surface area contributed by atoms with Crippen molar-refractivity contribution in [3.63, 3.8) is 0 Å². The van der Waals surface area contributed by atoms with Crippen LogP contribution in [-0.2, 0) is 9.84 Å². The molecule has 0 bridgehead atoms. The van der Waals surface area contributed by atoms with Crippen LogP contribution in [0.4, 0.5) is 8.78 Å². The lowest BCUT2D eigenvalue weighted by molar-refractivity contribution is 0.520. The molecular weight excluding hydrogens is 260 g/mol. The van der Waals surface area contributed by atoms with E-state index >= 15 is 0 Å². The molecule has 1 rings (SSSR count). The zero-order valence-electron chi connectivity index (χ0n) is 10.1. The van der Waals surface area contributed by atoms with Gasteiger partial charge in [0.05, 0.1) is 6.07 Å². The molecule has 18 heavy (non-hydrogen) atoms. The third kappa shape index (κ3) is 2.10. The van der Waals surface area contributed by atoms with Gasteiger partial charge in [-0.15, -0.1) is 0 Å². The summed E-state index contributed by atoms with van der Waals surface area (Å²) in [5.41, 5.74) is 0. The van der Waals surface area contributed by atoms with Crippen LogP contribution >= 0.6 is 0 Å². The van der Waals surface area contributed by atoms with Crippen LogP contribution in [0.5, 0.6) is 0 Å². The van der Waals surface area contributed by atoms with Gasteiger partial charge in [-0.2, -0.15) is 5.26 Å². The number of sulfone groups is 1. The maximum atomic E-state index is 13.6. The summed E-state index contributed by atoms with van der Waals surface area (Å²) in [6.07, 6.45) is 0.0816. The summed E-state index contributed by atoms with van der Waals surface area (Å²) in [5.74, 6) is -2.03. The van der Waals surface area contributed by atoms with Gasteiger partial charge < -0.3 is 0 Å². The molecular formula is C12H13F2NO2S. The first-order valence-electron chi connectivity index (χ1n) is 5.45. The van der Waals surface area contributed by atoms with Crippen LogP contribution in [0, 0.1) is 23.0 Å². The predicted molar refractivity (Wildman–Crippen MR) is 62.5 cm³/mol. The Labute approximate surface area is 105 Å². The van der Waals surface area contributed by atoms with Gasteiger partial charge in [0.15, 0.2) is 14.6 Å². The molecule has 0 heterocycles. The van der Waals surface area contributed by atoms with Gasteiger partial charge in [0.1, 0.15) is 16.5 Å². The van der Waals surface area contributed by atoms with Crippen molar-refractivity contribution in [2.75, 3.05) is 0 Å². The van der Waals surface area contributed by atoms with E-state index in [1.165, 1.54) is 0 Å². The summed E-state index contributed by atoms with van der Waals surface area (Å²) in [6.45, 7) is 3.09. The third-order valence-electron chi connectivity index (χ3n) is 3.04. The molecule has 0 fully saturated rings. The van der Waals surface area contributed by atoms with Crippen LogP contribution < -0.4 is 0 Å². The lowest BCUT2D eigenvalue weighted by atomic mass is 10.1. The molecule has 1 aromatic rings. The summed E-state index contributed by atoms with van der Waals surface area (Å²) < 4.78 is 49.2. The zero-order chi connectivity index (χ0) is 14.0. The second kappa shape index (κ2) is 5.02. The predicted octanol–water partition coefficient (Wildman–Crippen LogP) is 2.82. The summed E-state index contributed by atoms with van der Waals surface area (Å²) >= 11 is 0. The topological polar surface area (TPSA) is 57.9 Å². The minimum absolute atomic E-state index is 0.0408. The van der Waals surface area contributed by atoms with E-state index in [9.17, 15) is 17.2 Å². The van der Waals surface area contributed by atoms with Crippen molar-refractivity contribution in [3.05, 3.63) is 29.8 Å². The Balaban J connectivity index is 3.52. The summed E-state index contributed by atoms with van der Waals surface area (Å²) in [5, 5.41) is 9.09. The summed E-state index contributed by atoms with van der Waals surface area (Å²) in [4.78, 5) is -0.630. The number of nitrogens with zero attached hydrogens (tertiary/aromatic N) is 1. The molecule has 0 aliphatic heterocycles. The highest BCUT2D eigenvalue weighted by Crippen LogP contribution is 2.32. The van der Waals surface area contributed by atoms with E-state index in [-0.39, 0.29) is 12.8 Å². The van der Waals surface area contributed by atoms with Gasteiger partial charge in [-0.05, 0) is 25.0 Å². The molecule has 0 aliphatic carbocycles. The minimum Gasteiger partial charge on any atom is -0.222 e. The Bertz CT molecular complexity index is 587. The molecule has 0 radical (unpaired) electrons. The Kier molecular flexibility index (Phi) is 4.07. The van der Waals surface area contributed by atoms with Crippen molar-refractivity contribution in [1.29, 1.82) is 5.26 Å². The van der Waals surface area contributed by atoms with Crippen molar-refractivity contribution in [1.82, 2.24) is 0 Å². The fraction of sp³-hybridized carbons (Fsp3) is 0.417. The van der Waals surface area contributed by atoms with Gasteiger partial charge in [-0.25, -0.2) is 17.2 Å². The Morgan fingerprint density at radius 2 is 1.83 bits per heavy atom. The second-order valence-electron chi connectivity index (χ2n) is 3.89. The van der Waals surface area contributed by atoms with Crippen LogP contribution in [0.2, 0.25) is 0 Å². The van der Waals surface area contributed by atoms with Crippen molar-refractivity contribution in [2.45, 2.75) is 36.3 Å². The van der Waals surface area contributed by atoms with Gasteiger partial charge in [-0.1, -0.05) is 13.8 Å². The molecule has 0 unspecified atom stereocenters. The lowest BCUT2D eigenvalue weighted by Crippen LogP contribution is -2.36. The molecule has 0 saturated carbocycles. The molecule has 3 nitrogen and oxygen atoms in total. The van der Waals surface area contributed by atoms with E-state index in [4.69, 9.17) is 5.26 Å². The Hall–Kier alpha value is -1.48. The number of benzene rings is 1. The fourth-order valence-electron chi connectivity index (χ4n) is 1.75. The highest BCUT2D eigenvalue weighted by Gasteiger charge is 2.43. The third-order valence-corrected chi connectivity index (χ3v) is 5.65. The van der Waals surface area contributed by atoms with Gasteiger partial charge in [0.25, 0.3) is 0 Å². The van der Waals surface area contributed by atoms with E-state index in [0.717, 1.165) is 12.1 Å². The lowest BCUT2D eigenvalue weighted by Gasteiger charge is -2.23. The highest BCUT2D eigenvalue weighted by molar-refractivity contribution is 7.93. The number of hydrogen-bond acceptors (Lipinski definition) is 3. The molecule has 0 atom stereocenters. The molecule has 1 aromatic carbocycles.